The quantitative estimate of drug-likeness (QED) is 0.827. The van der Waals surface area contributed by atoms with E-state index >= 15 is 0 Å². The number of rotatable bonds is 5. The molecule has 0 saturated carbocycles. The minimum atomic E-state index is -3.48. The maximum Gasteiger partial charge on any atom is 0.243 e. The molecule has 0 amide bonds. The Bertz CT molecular complexity index is 797. The van der Waals surface area contributed by atoms with Crippen molar-refractivity contribution in [1.82, 2.24) is 19.1 Å². The molecule has 0 radical (unpaired) electrons. The summed E-state index contributed by atoms with van der Waals surface area (Å²) in [5.41, 5.74) is 0.749. The fraction of sp³-hybridized carbons (Fsp3) is 0.467. The van der Waals surface area contributed by atoms with Gasteiger partial charge >= 0.3 is 0 Å². The number of hydrogen-bond acceptors (Lipinski definition) is 5. The van der Waals surface area contributed by atoms with Crippen molar-refractivity contribution in [1.29, 1.82) is 0 Å². The van der Waals surface area contributed by atoms with Crippen LogP contribution in [0.1, 0.15) is 19.7 Å². The lowest BCUT2D eigenvalue weighted by Crippen LogP contribution is -2.30. The van der Waals surface area contributed by atoms with Gasteiger partial charge in [0.25, 0.3) is 0 Å². The molecular weight excluding hydrogens is 316 g/mol. The first kappa shape index (κ1) is 16.1. The molecule has 0 N–H and O–H groups in total. The molecule has 0 bridgehead atoms. The summed E-state index contributed by atoms with van der Waals surface area (Å²) in [6, 6.07) is 6.88. The summed E-state index contributed by atoms with van der Waals surface area (Å²) in [6.45, 7) is 6.27. The van der Waals surface area contributed by atoms with Crippen LogP contribution < -0.4 is 0 Å². The molecule has 0 spiro atoms. The molecule has 0 aliphatic carbocycles. The van der Waals surface area contributed by atoms with E-state index in [0.717, 1.165) is 11.4 Å². The van der Waals surface area contributed by atoms with E-state index in [2.05, 4.69) is 10.2 Å². The number of sulfonamides is 1. The van der Waals surface area contributed by atoms with E-state index in [1.807, 2.05) is 24.5 Å². The second-order valence-corrected chi connectivity index (χ2v) is 7.20. The molecule has 1 aliphatic heterocycles. The van der Waals surface area contributed by atoms with Gasteiger partial charge in [0, 0.05) is 25.2 Å². The maximum atomic E-state index is 12.7. The number of aromatic nitrogens is 3. The lowest BCUT2D eigenvalue weighted by molar-refractivity contribution is 0.0821. The largest absolute Gasteiger partial charge is 0.372 e. The van der Waals surface area contributed by atoms with Crippen LogP contribution in [-0.4, -0.2) is 47.2 Å². The van der Waals surface area contributed by atoms with Crippen LogP contribution in [0.4, 0.5) is 0 Å². The van der Waals surface area contributed by atoms with Crippen LogP contribution in [0.25, 0.3) is 11.4 Å². The second kappa shape index (κ2) is 6.38. The molecule has 2 heterocycles. The summed E-state index contributed by atoms with van der Waals surface area (Å²) in [6.07, 6.45) is 0. The molecule has 8 heteroatoms. The van der Waals surface area contributed by atoms with Crippen LogP contribution in [-0.2, 0) is 27.9 Å². The van der Waals surface area contributed by atoms with Gasteiger partial charge in [-0.1, -0.05) is 26.0 Å². The minimum absolute atomic E-state index is 0.281. The average Bonchev–Trinajstić information content (AvgIpc) is 3.00. The maximum absolute atomic E-state index is 12.7. The second-order valence-electron chi connectivity index (χ2n) is 5.26. The fourth-order valence-electron chi connectivity index (χ4n) is 2.72. The SMILES string of the molecule is CCN(CC)S(=O)(=O)c1cccc(-c2nnc3n2CCOC3)c1. The van der Waals surface area contributed by atoms with Crippen LogP contribution >= 0.6 is 0 Å². The zero-order valence-corrected chi connectivity index (χ0v) is 14.1. The normalized spacial score (nSPS) is 14.9. The molecule has 124 valence electrons. The monoisotopic (exact) mass is 336 g/mol. The highest BCUT2D eigenvalue weighted by Gasteiger charge is 2.23. The Balaban J connectivity index is 2.02. The molecule has 1 aliphatic rings. The first-order valence-electron chi connectivity index (χ1n) is 7.68. The molecule has 23 heavy (non-hydrogen) atoms. The topological polar surface area (TPSA) is 77.3 Å². The third kappa shape index (κ3) is 2.89. The molecule has 1 aromatic heterocycles. The molecule has 3 rings (SSSR count). The Kier molecular flexibility index (Phi) is 4.47. The molecule has 0 unspecified atom stereocenters. The van der Waals surface area contributed by atoms with E-state index in [4.69, 9.17) is 4.74 Å². The Morgan fingerprint density at radius 1 is 1.26 bits per heavy atom. The van der Waals surface area contributed by atoms with Crippen molar-refractivity contribution in [2.24, 2.45) is 0 Å². The van der Waals surface area contributed by atoms with Crippen LogP contribution in [0.5, 0.6) is 0 Å². The lowest BCUT2D eigenvalue weighted by Gasteiger charge is -2.19. The van der Waals surface area contributed by atoms with Crippen molar-refractivity contribution in [2.75, 3.05) is 19.7 Å². The first-order valence-corrected chi connectivity index (χ1v) is 9.12. The van der Waals surface area contributed by atoms with Gasteiger partial charge in [0.2, 0.25) is 10.0 Å². The van der Waals surface area contributed by atoms with Gasteiger partial charge in [0.05, 0.1) is 11.5 Å². The summed E-state index contributed by atoms with van der Waals surface area (Å²) in [7, 11) is -3.48. The highest BCUT2D eigenvalue weighted by atomic mass is 32.2. The average molecular weight is 336 g/mol. The third-order valence-corrected chi connectivity index (χ3v) is 6.00. The lowest BCUT2D eigenvalue weighted by atomic mass is 10.2. The van der Waals surface area contributed by atoms with E-state index in [0.29, 0.717) is 38.7 Å². The Labute approximate surface area is 135 Å². The number of fused-ring (bicyclic) bond motifs is 1. The Hall–Kier alpha value is -1.77. The molecule has 0 fully saturated rings. The predicted octanol–water partition coefficient (Wildman–Crippen LogP) is 1.51. The standard InChI is InChI=1S/C15H20N4O3S/c1-3-18(4-2)23(20,21)13-7-5-6-12(10-13)15-17-16-14-11-22-9-8-19(14)15/h5-7,10H,3-4,8-9,11H2,1-2H3. The highest BCUT2D eigenvalue weighted by Crippen LogP contribution is 2.25. The van der Waals surface area contributed by atoms with Gasteiger partial charge in [-0.25, -0.2) is 8.42 Å². The summed E-state index contributed by atoms with van der Waals surface area (Å²) >= 11 is 0. The number of hydrogen-bond donors (Lipinski definition) is 0. The van der Waals surface area contributed by atoms with Crippen molar-refractivity contribution in [3.8, 4) is 11.4 Å². The minimum Gasteiger partial charge on any atom is -0.372 e. The predicted molar refractivity (Wildman–Crippen MR) is 85.2 cm³/mol. The summed E-state index contributed by atoms with van der Waals surface area (Å²) in [4.78, 5) is 0.281. The van der Waals surface area contributed by atoms with Gasteiger partial charge in [0.1, 0.15) is 6.61 Å². The number of ether oxygens (including phenoxy) is 1. The fourth-order valence-corrected chi connectivity index (χ4v) is 4.22. The van der Waals surface area contributed by atoms with Crippen molar-refractivity contribution in [3.05, 3.63) is 30.1 Å². The number of nitrogens with zero attached hydrogens (tertiary/aromatic N) is 4. The Morgan fingerprint density at radius 3 is 2.78 bits per heavy atom. The van der Waals surface area contributed by atoms with Gasteiger partial charge in [-0.2, -0.15) is 4.31 Å². The van der Waals surface area contributed by atoms with Gasteiger partial charge in [-0.05, 0) is 12.1 Å². The van der Waals surface area contributed by atoms with E-state index in [9.17, 15) is 8.42 Å². The molecular formula is C15H20N4O3S. The van der Waals surface area contributed by atoms with Crippen molar-refractivity contribution < 1.29 is 13.2 Å². The molecule has 7 nitrogen and oxygen atoms in total. The van der Waals surface area contributed by atoms with Crippen molar-refractivity contribution >= 4 is 10.0 Å². The van der Waals surface area contributed by atoms with Gasteiger partial charge < -0.3 is 9.30 Å². The van der Waals surface area contributed by atoms with Gasteiger partial charge in [0.15, 0.2) is 11.6 Å². The highest BCUT2D eigenvalue weighted by molar-refractivity contribution is 7.89. The van der Waals surface area contributed by atoms with Gasteiger partial charge in [-0.3, -0.25) is 0 Å². The zero-order valence-electron chi connectivity index (χ0n) is 13.3. The number of benzene rings is 1. The molecule has 1 aromatic carbocycles. The van der Waals surface area contributed by atoms with E-state index in [1.54, 1.807) is 18.2 Å². The zero-order chi connectivity index (χ0) is 16.4. The van der Waals surface area contributed by atoms with E-state index in [-0.39, 0.29) is 4.90 Å². The van der Waals surface area contributed by atoms with Crippen LogP contribution in [0.15, 0.2) is 29.2 Å². The summed E-state index contributed by atoms with van der Waals surface area (Å²) in [5, 5.41) is 8.32. The summed E-state index contributed by atoms with van der Waals surface area (Å²) < 4.78 is 34.1. The van der Waals surface area contributed by atoms with Crippen LogP contribution in [0, 0.1) is 0 Å². The molecule has 0 saturated heterocycles. The smallest absolute Gasteiger partial charge is 0.243 e. The van der Waals surface area contributed by atoms with Crippen molar-refractivity contribution in [3.63, 3.8) is 0 Å². The van der Waals surface area contributed by atoms with Crippen molar-refractivity contribution in [2.45, 2.75) is 31.9 Å². The first-order chi connectivity index (χ1) is 11.1. The van der Waals surface area contributed by atoms with Crippen LogP contribution in [0.3, 0.4) is 0 Å². The summed E-state index contributed by atoms with van der Waals surface area (Å²) in [5.74, 6) is 1.45. The third-order valence-electron chi connectivity index (χ3n) is 3.95. The molecule has 2 aromatic rings. The van der Waals surface area contributed by atoms with E-state index < -0.39 is 10.0 Å². The van der Waals surface area contributed by atoms with Gasteiger partial charge in [-0.15, -0.1) is 10.2 Å². The molecule has 0 atom stereocenters. The van der Waals surface area contributed by atoms with Crippen LogP contribution in [0.2, 0.25) is 0 Å². The Morgan fingerprint density at radius 2 is 2.04 bits per heavy atom. The van der Waals surface area contributed by atoms with E-state index in [1.165, 1.54) is 4.31 Å².